The largest absolute Gasteiger partial charge is 0.0622 e. The SMILES string of the molecule is CC1CC(C2C(C)C(C)CC2(C)C)C(C)(C)CC1C. The molecule has 0 heterocycles. The number of hydrogen-bond acceptors (Lipinski definition) is 0. The van der Waals surface area contributed by atoms with E-state index in [0.29, 0.717) is 10.8 Å². The maximum atomic E-state index is 2.55. The van der Waals surface area contributed by atoms with Crippen LogP contribution in [0, 0.1) is 46.3 Å². The minimum absolute atomic E-state index is 0.534. The Morgan fingerprint density at radius 3 is 1.68 bits per heavy atom. The van der Waals surface area contributed by atoms with E-state index in [1.807, 2.05) is 0 Å². The summed E-state index contributed by atoms with van der Waals surface area (Å²) in [7, 11) is 0. The molecule has 0 nitrogen and oxygen atoms in total. The zero-order chi connectivity index (χ0) is 14.6. The second-order valence-electron chi connectivity index (χ2n) is 9.54. The topological polar surface area (TPSA) is 0 Å². The van der Waals surface area contributed by atoms with Crippen LogP contribution in [0.2, 0.25) is 0 Å². The van der Waals surface area contributed by atoms with Gasteiger partial charge in [-0.3, -0.25) is 0 Å². The first kappa shape index (κ1) is 15.4. The van der Waals surface area contributed by atoms with Crippen LogP contribution in [0.25, 0.3) is 0 Å². The first-order chi connectivity index (χ1) is 8.56. The van der Waals surface area contributed by atoms with E-state index in [2.05, 4.69) is 55.4 Å². The fraction of sp³-hybridized carbons (Fsp3) is 1.00. The minimum atomic E-state index is 0.534. The van der Waals surface area contributed by atoms with Crippen LogP contribution >= 0.6 is 0 Å². The molecule has 0 aromatic rings. The van der Waals surface area contributed by atoms with E-state index in [-0.39, 0.29) is 0 Å². The lowest BCUT2D eigenvalue weighted by Crippen LogP contribution is -2.44. The van der Waals surface area contributed by atoms with Crippen LogP contribution < -0.4 is 0 Å². The van der Waals surface area contributed by atoms with Crippen molar-refractivity contribution in [1.82, 2.24) is 0 Å². The predicted molar refractivity (Wildman–Crippen MR) is 85.0 cm³/mol. The summed E-state index contributed by atoms with van der Waals surface area (Å²) in [6.07, 6.45) is 4.31. The van der Waals surface area contributed by atoms with E-state index in [0.717, 1.165) is 35.5 Å². The Hall–Kier alpha value is 0. The van der Waals surface area contributed by atoms with Crippen molar-refractivity contribution in [3.05, 3.63) is 0 Å². The van der Waals surface area contributed by atoms with Crippen LogP contribution in [0.5, 0.6) is 0 Å². The average Bonchev–Trinajstić information content (AvgIpc) is 2.42. The van der Waals surface area contributed by atoms with Crippen LogP contribution in [0.15, 0.2) is 0 Å². The lowest BCUT2D eigenvalue weighted by atomic mass is 9.54. The fourth-order valence-corrected chi connectivity index (χ4v) is 5.90. The van der Waals surface area contributed by atoms with E-state index in [4.69, 9.17) is 0 Å². The van der Waals surface area contributed by atoms with Gasteiger partial charge in [0.1, 0.15) is 0 Å². The van der Waals surface area contributed by atoms with Crippen molar-refractivity contribution in [3.8, 4) is 0 Å². The zero-order valence-electron chi connectivity index (χ0n) is 14.6. The number of rotatable bonds is 1. The molecule has 0 aromatic carbocycles. The summed E-state index contributed by atoms with van der Waals surface area (Å²) in [5.74, 6) is 5.48. The molecule has 0 radical (unpaired) electrons. The fourth-order valence-electron chi connectivity index (χ4n) is 5.90. The van der Waals surface area contributed by atoms with Crippen molar-refractivity contribution >= 4 is 0 Å². The van der Waals surface area contributed by atoms with E-state index >= 15 is 0 Å². The van der Waals surface area contributed by atoms with Gasteiger partial charge in [-0.2, -0.15) is 0 Å². The monoisotopic (exact) mass is 264 g/mol. The maximum absolute atomic E-state index is 2.55. The molecule has 0 amide bonds. The molecule has 0 N–H and O–H groups in total. The Morgan fingerprint density at radius 1 is 0.684 bits per heavy atom. The van der Waals surface area contributed by atoms with E-state index in [1.165, 1.54) is 19.3 Å². The average molecular weight is 264 g/mol. The van der Waals surface area contributed by atoms with Gasteiger partial charge in [0, 0.05) is 0 Å². The minimum Gasteiger partial charge on any atom is -0.0622 e. The highest BCUT2D eigenvalue weighted by Gasteiger charge is 2.53. The van der Waals surface area contributed by atoms with Gasteiger partial charge in [-0.15, -0.1) is 0 Å². The summed E-state index contributed by atoms with van der Waals surface area (Å²) >= 11 is 0. The molecular weight excluding hydrogens is 228 g/mol. The molecule has 0 spiro atoms. The van der Waals surface area contributed by atoms with Gasteiger partial charge in [0.2, 0.25) is 0 Å². The quantitative estimate of drug-likeness (QED) is 0.544. The Bertz CT molecular complexity index is 325. The molecule has 0 heteroatoms. The summed E-state index contributed by atoms with van der Waals surface area (Å²) in [5, 5.41) is 0. The van der Waals surface area contributed by atoms with Gasteiger partial charge >= 0.3 is 0 Å². The van der Waals surface area contributed by atoms with Crippen molar-refractivity contribution < 1.29 is 0 Å². The molecule has 2 fully saturated rings. The van der Waals surface area contributed by atoms with Crippen LogP contribution in [0.1, 0.15) is 74.7 Å². The van der Waals surface area contributed by atoms with Crippen molar-refractivity contribution in [3.63, 3.8) is 0 Å². The molecular formula is C19H36. The number of hydrogen-bond donors (Lipinski definition) is 0. The van der Waals surface area contributed by atoms with Gasteiger partial charge < -0.3 is 0 Å². The molecule has 19 heavy (non-hydrogen) atoms. The first-order valence-electron chi connectivity index (χ1n) is 8.56. The Kier molecular flexibility index (Phi) is 3.87. The summed E-state index contributed by atoms with van der Waals surface area (Å²) in [5.41, 5.74) is 1.08. The Morgan fingerprint density at radius 2 is 1.21 bits per heavy atom. The molecule has 6 atom stereocenters. The van der Waals surface area contributed by atoms with Gasteiger partial charge in [0.25, 0.3) is 0 Å². The summed E-state index contributed by atoms with van der Waals surface area (Å²) in [4.78, 5) is 0. The summed E-state index contributed by atoms with van der Waals surface area (Å²) in [6.45, 7) is 20.1. The normalized spacial score (nSPS) is 49.3. The molecule has 2 saturated carbocycles. The second kappa shape index (κ2) is 4.78. The summed E-state index contributed by atoms with van der Waals surface area (Å²) < 4.78 is 0. The van der Waals surface area contributed by atoms with Gasteiger partial charge in [-0.05, 0) is 65.6 Å². The van der Waals surface area contributed by atoms with Crippen LogP contribution in [-0.2, 0) is 0 Å². The van der Waals surface area contributed by atoms with Crippen LogP contribution in [0.3, 0.4) is 0 Å². The van der Waals surface area contributed by atoms with E-state index in [1.54, 1.807) is 0 Å². The maximum Gasteiger partial charge on any atom is -0.0301 e. The Balaban J connectivity index is 2.29. The van der Waals surface area contributed by atoms with Crippen molar-refractivity contribution in [2.75, 3.05) is 0 Å². The third-order valence-electron chi connectivity index (χ3n) is 7.10. The molecule has 0 bridgehead atoms. The van der Waals surface area contributed by atoms with E-state index < -0.39 is 0 Å². The molecule has 6 unspecified atom stereocenters. The molecule has 2 rings (SSSR count). The lowest BCUT2D eigenvalue weighted by molar-refractivity contribution is -0.0236. The molecule has 0 aromatic heterocycles. The van der Waals surface area contributed by atoms with Crippen molar-refractivity contribution in [1.29, 1.82) is 0 Å². The van der Waals surface area contributed by atoms with Gasteiger partial charge in [-0.1, -0.05) is 55.4 Å². The summed E-state index contributed by atoms with van der Waals surface area (Å²) in [6, 6.07) is 0. The lowest BCUT2D eigenvalue weighted by Gasteiger charge is -2.51. The van der Waals surface area contributed by atoms with Gasteiger partial charge in [0.05, 0.1) is 0 Å². The predicted octanol–water partition coefficient (Wildman–Crippen LogP) is 6.01. The highest BCUT2D eigenvalue weighted by Crippen LogP contribution is 2.60. The molecule has 112 valence electrons. The molecule has 2 aliphatic carbocycles. The van der Waals surface area contributed by atoms with Crippen molar-refractivity contribution in [2.45, 2.75) is 74.7 Å². The Labute approximate surface area is 121 Å². The smallest absolute Gasteiger partial charge is 0.0301 e. The van der Waals surface area contributed by atoms with E-state index in [9.17, 15) is 0 Å². The zero-order valence-corrected chi connectivity index (χ0v) is 14.6. The standard InChI is InChI=1S/C19H36/c1-12-9-16(18(5,6)10-13(12)2)17-15(4)14(3)11-19(17,7)8/h12-17H,9-11H2,1-8H3. The van der Waals surface area contributed by atoms with Crippen LogP contribution in [-0.4, -0.2) is 0 Å². The highest BCUT2D eigenvalue weighted by molar-refractivity contribution is 5.02. The molecule has 0 aliphatic heterocycles. The molecule has 0 saturated heterocycles. The molecule has 2 aliphatic rings. The van der Waals surface area contributed by atoms with Crippen LogP contribution in [0.4, 0.5) is 0 Å². The van der Waals surface area contributed by atoms with Gasteiger partial charge in [0.15, 0.2) is 0 Å². The van der Waals surface area contributed by atoms with Crippen molar-refractivity contribution in [2.24, 2.45) is 46.3 Å². The van der Waals surface area contributed by atoms with Gasteiger partial charge in [-0.25, -0.2) is 0 Å². The third-order valence-corrected chi connectivity index (χ3v) is 7.10. The second-order valence-corrected chi connectivity index (χ2v) is 9.54. The third kappa shape index (κ3) is 2.61. The highest BCUT2D eigenvalue weighted by atomic mass is 14.6. The first-order valence-corrected chi connectivity index (χ1v) is 8.56.